The highest BCUT2D eigenvalue weighted by Gasteiger charge is 2.14. The van der Waals surface area contributed by atoms with E-state index >= 15 is 0 Å². The summed E-state index contributed by atoms with van der Waals surface area (Å²) in [6, 6.07) is 38.1. The van der Waals surface area contributed by atoms with Crippen LogP contribution in [-0.2, 0) is 4.79 Å². The maximum Gasteiger partial charge on any atom is 0.259 e. The first-order valence-electron chi connectivity index (χ1n) is 22.5. The minimum Gasteiger partial charge on any atom is -0.322 e. The summed E-state index contributed by atoms with van der Waals surface area (Å²) >= 11 is 1.37. The Hall–Kier alpha value is -6.26. The molecule has 6 rings (SSSR count). The normalized spacial score (nSPS) is 10.3. The van der Waals surface area contributed by atoms with E-state index in [2.05, 4.69) is 108 Å². The highest BCUT2D eigenvalue weighted by Crippen LogP contribution is 2.21. The highest BCUT2D eigenvalue weighted by molar-refractivity contribution is 8.13. The van der Waals surface area contributed by atoms with Crippen molar-refractivity contribution in [3.63, 3.8) is 0 Å². The average molecular weight is 852 g/mol. The van der Waals surface area contributed by atoms with Gasteiger partial charge in [-0.15, -0.1) is 0 Å². The standard InChI is InChI=1S/C33H33N3O.C24H28OS/c1-25-14-16-28(17-15-25)12-10-8-6-4-5-7-9-11-13-29-18-20-30(21-19-29)35-33(37)31-22-23-36-27(3)24-26(2)34-32(31)36;1-21-17-19-22(20-18-21)13-9-6-4-2-3-5-7-12-16-24(25)26-23-14-10-8-11-15-23/h14-24H,4-9H2,1-3H3,(H,35,37);8,10-11,14-15,17-20H,2-7,12,16H2,1H3. The summed E-state index contributed by atoms with van der Waals surface area (Å²) in [5.41, 5.74) is 9.60. The molecule has 0 aliphatic carbocycles. The van der Waals surface area contributed by atoms with Gasteiger partial charge in [-0.25, -0.2) is 4.98 Å². The number of carbonyl (C=O) groups is 2. The van der Waals surface area contributed by atoms with Crippen molar-refractivity contribution in [3.05, 3.63) is 166 Å². The van der Waals surface area contributed by atoms with Crippen LogP contribution in [0.5, 0.6) is 0 Å². The monoisotopic (exact) mass is 851 g/mol. The first kappa shape index (κ1) is 47.8. The number of nitrogens with zero attached hydrogens (tertiary/aromatic N) is 2. The van der Waals surface area contributed by atoms with Crippen LogP contribution in [-0.4, -0.2) is 20.4 Å². The second-order valence-corrected chi connectivity index (χ2v) is 17.1. The van der Waals surface area contributed by atoms with Crippen LogP contribution in [0.3, 0.4) is 0 Å². The topological polar surface area (TPSA) is 63.5 Å². The lowest BCUT2D eigenvalue weighted by atomic mass is 10.1. The van der Waals surface area contributed by atoms with Crippen molar-refractivity contribution in [2.45, 2.75) is 122 Å². The van der Waals surface area contributed by atoms with Crippen molar-refractivity contribution in [1.29, 1.82) is 0 Å². The Morgan fingerprint density at radius 3 is 1.57 bits per heavy atom. The Kier molecular flexibility index (Phi) is 20.4. The lowest BCUT2D eigenvalue weighted by Gasteiger charge is -2.06. The van der Waals surface area contributed by atoms with Gasteiger partial charge in [0.05, 0.1) is 5.56 Å². The Morgan fingerprint density at radius 2 is 1.05 bits per heavy atom. The predicted octanol–water partition coefficient (Wildman–Crippen LogP) is 14.0. The molecule has 0 atom stereocenters. The molecule has 2 heterocycles. The van der Waals surface area contributed by atoms with E-state index in [1.807, 2.05) is 91.2 Å². The second kappa shape index (κ2) is 26.9. The zero-order valence-electron chi connectivity index (χ0n) is 37.6. The summed E-state index contributed by atoms with van der Waals surface area (Å²) in [5.74, 6) is 19.3. The summed E-state index contributed by atoms with van der Waals surface area (Å²) in [5, 5.41) is 3.25. The number of amides is 1. The fraction of sp³-hybridized carbons (Fsp3) is 0.316. The number of thioether (sulfide) groups is 1. The van der Waals surface area contributed by atoms with Gasteiger partial charge in [-0.2, -0.15) is 0 Å². The molecule has 322 valence electrons. The molecule has 1 N–H and O–H groups in total. The minimum absolute atomic E-state index is 0.167. The molecular formula is C57H61N3O2S. The average Bonchev–Trinajstić information content (AvgIpc) is 3.72. The van der Waals surface area contributed by atoms with E-state index in [1.165, 1.54) is 61.4 Å². The zero-order chi connectivity index (χ0) is 44.5. The van der Waals surface area contributed by atoms with Gasteiger partial charge in [-0.1, -0.05) is 139 Å². The molecule has 63 heavy (non-hydrogen) atoms. The minimum atomic E-state index is -0.167. The molecule has 5 nitrogen and oxygen atoms in total. The Labute approximate surface area is 380 Å². The van der Waals surface area contributed by atoms with Crippen LogP contribution < -0.4 is 5.32 Å². The predicted molar refractivity (Wildman–Crippen MR) is 264 cm³/mol. The molecule has 0 saturated heterocycles. The molecule has 0 radical (unpaired) electrons. The van der Waals surface area contributed by atoms with E-state index in [-0.39, 0.29) is 11.0 Å². The van der Waals surface area contributed by atoms with Gasteiger partial charge in [0.15, 0.2) is 5.12 Å². The van der Waals surface area contributed by atoms with Gasteiger partial charge in [0, 0.05) is 70.5 Å². The number of aryl methyl sites for hydroxylation is 4. The zero-order valence-corrected chi connectivity index (χ0v) is 38.4. The molecule has 0 saturated carbocycles. The number of nitrogens with one attached hydrogen (secondary N) is 1. The molecule has 1 amide bonds. The first-order valence-corrected chi connectivity index (χ1v) is 23.3. The van der Waals surface area contributed by atoms with Gasteiger partial charge in [0.1, 0.15) is 5.65 Å². The maximum atomic E-state index is 12.8. The third-order valence-electron chi connectivity index (χ3n) is 10.4. The fourth-order valence-corrected chi connectivity index (χ4v) is 7.62. The number of fused-ring (bicyclic) bond motifs is 1. The van der Waals surface area contributed by atoms with E-state index in [0.717, 1.165) is 83.6 Å². The van der Waals surface area contributed by atoms with Gasteiger partial charge < -0.3 is 9.72 Å². The number of rotatable bonds is 16. The molecule has 2 aromatic heterocycles. The van der Waals surface area contributed by atoms with Crippen molar-refractivity contribution in [3.8, 4) is 35.5 Å². The molecule has 0 fully saturated rings. The van der Waals surface area contributed by atoms with Crippen molar-refractivity contribution in [2.24, 2.45) is 0 Å². The maximum absolute atomic E-state index is 12.8. The van der Waals surface area contributed by atoms with Crippen LogP contribution in [0.1, 0.15) is 139 Å². The Morgan fingerprint density at radius 1 is 0.571 bits per heavy atom. The molecule has 6 aromatic rings. The molecule has 0 bridgehead atoms. The SMILES string of the molecule is Cc1ccc(C#CCCCCCCC#Cc2ccc(NC(=O)c3ccn4c(C)cc(C)nc34)cc2)cc1.Cc1ccc(C#CCCCCCCCCC(=O)Sc2ccccc2)cc1. The quantitative estimate of drug-likeness (QED) is 0.0598. The van der Waals surface area contributed by atoms with Gasteiger partial charge in [-0.3, -0.25) is 9.59 Å². The van der Waals surface area contributed by atoms with Crippen molar-refractivity contribution in [2.75, 3.05) is 5.32 Å². The van der Waals surface area contributed by atoms with Crippen LogP contribution in [0.15, 0.2) is 126 Å². The lowest BCUT2D eigenvalue weighted by Crippen LogP contribution is -2.12. The number of benzene rings is 4. The molecule has 0 spiro atoms. The van der Waals surface area contributed by atoms with Gasteiger partial charge in [-0.05, 0) is 126 Å². The summed E-state index contributed by atoms with van der Waals surface area (Å²) in [6.45, 7) is 8.12. The van der Waals surface area contributed by atoms with E-state index in [9.17, 15) is 9.59 Å². The molecule has 0 unspecified atom stereocenters. The summed E-state index contributed by atoms with van der Waals surface area (Å²) < 4.78 is 1.93. The third kappa shape index (κ3) is 17.9. The van der Waals surface area contributed by atoms with E-state index in [4.69, 9.17) is 0 Å². The number of unbranched alkanes of at least 4 members (excludes halogenated alkanes) is 11. The van der Waals surface area contributed by atoms with Crippen LogP contribution in [0.25, 0.3) is 5.65 Å². The molecule has 6 heteroatoms. The smallest absolute Gasteiger partial charge is 0.259 e. The van der Waals surface area contributed by atoms with Crippen molar-refractivity contribution >= 4 is 34.1 Å². The number of carbonyl (C=O) groups excluding carboxylic acids is 2. The second-order valence-electron chi connectivity index (χ2n) is 16.0. The van der Waals surface area contributed by atoms with E-state index in [1.54, 1.807) is 0 Å². The van der Waals surface area contributed by atoms with Gasteiger partial charge >= 0.3 is 0 Å². The number of hydrogen-bond acceptors (Lipinski definition) is 4. The van der Waals surface area contributed by atoms with Crippen LogP contribution in [0.2, 0.25) is 0 Å². The Bertz CT molecular complexity index is 2540. The lowest BCUT2D eigenvalue weighted by molar-refractivity contribution is -0.111. The number of aromatic nitrogens is 2. The Balaban J connectivity index is 0.000000253. The van der Waals surface area contributed by atoms with Crippen LogP contribution >= 0.6 is 11.8 Å². The molecular weight excluding hydrogens is 791 g/mol. The number of anilines is 1. The third-order valence-corrected chi connectivity index (χ3v) is 11.3. The molecule has 0 aliphatic rings. The summed E-state index contributed by atoms with van der Waals surface area (Å²) in [7, 11) is 0. The van der Waals surface area contributed by atoms with Gasteiger partial charge in [0.2, 0.25) is 0 Å². The van der Waals surface area contributed by atoms with Crippen LogP contribution in [0, 0.1) is 63.2 Å². The summed E-state index contributed by atoms with van der Waals surface area (Å²) in [6.07, 6.45) is 17.0. The first-order chi connectivity index (χ1) is 30.7. The molecule has 0 aliphatic heterocycles. The number of hydrogen-bond donors (Lipinski definition) is 1. The van der Waals surface area contributed by atoms with Crippen molar-refractivity contribution in [1.82, 2.24) is 9.38 Å². The fourth-order valence-electron chi connectivity index (χ4n) is 6.82. The summed E-state index contributed by atoms with van der Waals surface area (Å²) in [4.78, 5) is 30.3. The largest absolute Gasteiger partial charge is 0.322 e. The van der Waals surface area contributed by atoms with Crippen molar-refractivity contribution < 1.29 is 9.59 Å². The van der Waals surface area contributed by atoms with Gasteiger partial charge in [0.25, 0.3) is 5.91 Å². The van der Waals surface area contributed by atoms with Crippen LogP contribution in [0.4, 0.5) is 5.69 Å². The molecule has 4 aromatic carbocycles. The van der Waals surface area contributed by atoms with E-state index < -0.39 is 0 Å². The highest BCUT2D eigenvalue weighted by atomic mass is 32.2. The van der Waals surface area contributed by atoms with E-state index in [0.29, 0.717) is 17.6 Å².